The molecule has 2 aromatic rings. The van der Waals surface area contributed by atoms with Crippen molar-refractivity contribution in [2.75, 3.05) is 13.7 Å². The van der Waals surface area contributed by atoms with Gasteiger partial charge in [0.2, 0.25) is 0 Å². The summed E-state index contributed by atoms with van der Waals surface area (Å²) in [5.41, 5.74) is 8.11. The largest absolute Gasteiger partial charge is 0.489 e. The van der Waals surface area contributed by atoms with Gasteiger partial charge in [-0.15, -0.1) is 0 Å². The topological polar surface area (TPSA) is 18.5 Å². The Labute approximate surface area is 187 Å². The van der Waals surface area contributed by atoms with Gasteiger partial charge < -0.3 is 9.47 Å². The molecule has 2 aliphatic carbocycles. The van der Waals surface area contributed by atoms with Crippen LogP contribution < -0.4 is 4.74 Å². The molecule has 2 nitrogen and oxygen atoms in total. The minimum atomic E-state index is 0.198. The van der Waals surface area contributed by atoms with Gasteiger partial charge in [0.25, 0.3) is 0 Å². The van der Waals surface area contributed by atoms with Crippen LogP contribution >= 0.6 is 0 Å². The highest BCUT2D eigenvalue weighted by Crippen LogP contribution is 2.54. The lowest BCUT2D eigenvalue weighted by Crippen LogP contribution is -2.40. The van der Waals surface area contributed by atoms with Crippen LogP contribution in [0.4, 0.5) is 0 Å². The van der Waals surface area contributed by atoms with E-state index in [1.807, 2.05) is 0 Å². The van der Waals surface area contributed by atoms with E-state index in [9.17, 15) is 0 Å². The van der Waals surface area contributed by atoms with Crippen LogP contribution in [0.15, 0.2) is 48.6 Å². The summed E-state index contributed by atoms with van der Waals surface area (Å²) < 4.78 is 12.2. The van der Waals surface area contributed by atoms with Crippen LogP contribution in [0, 0.1) is 18.8 Å². The lowest BCUT2D eigenvalue weighted by atomic mass is 9.67. The highest BCUT2D eigenvalue weighted by atomic mass is 16.5. The average Bonchev–Trinajstić information content (AvgIpc) is 3.42. The van der Waals surface area contributed by atoms with Crippen molar-refractivity contribution >= 4 is 0 Å². The lowest BCUT2D eigenvalue weighted by Gasteiger charge is -2.39. The second-order valence-electron chi connectivity index (χ2n) is 10.2. The fraction of sp³-hybridized carbons (Fsp3) is 0.517. The molecule has 0 amide bonds. The molecule has 0 aromatic heterocycles. The third-order valence-corrected chi connectivity index (χ3v) is 8.13. The maximum atomic E-state index is 6.68. The zero-order chi connectivity index (χ0) is 21.5. The number of fused-ring (bicyclic) bond motifs is 3. The van der Waals surface area contributed by atoms with E-state index in [-0.39, 0.29) is 6.10 Å². The standard InChI is InChI=1S/C29H36O2/c1-18(2)25-14-13-23(17-30-4)29-28(25)27-19(3)15-24(16-26(27)31-29)22-11-9-21(10-12-22)20-7-5-6-8-20/h9-12,15-16,20,23,25,28-29H,1,5-8,13-14,17H2,2-4H3. The van der Waals surface area contributed by atoms with Gasteiger partial charge in [0.1, 0.15) is 11.9 Å². The number of hydrogen-bond donors (Lipinski definition) is 0. The van der Waals surface area contributed by atoms with Crippen LogP contribution in [0.2, 0.25) is 0 Å². The van der Waals surface area contributed by atoms with E-state index in [0.717, 1.165) is 24.7 Å². The quantitative estimate of drug-likeness (QED) is 0.472. The molecule has 0 spiro atoms. The molecule has 0 radical (unpaired) electrons. The van der Waals surface area contributed by atoms with Crippen molar-refractivity contribution in [1.82, 2.24) is 0 Å². The van der Waals surface area contributed by atoms with E-state index in [2.05, 4.69) is 56.8 Å². The first-order valence-corrected chi connectivity index (χ1v) is 12.1. The number of ether oxygens (including phenoxy) is 2. The molecule has 31 heavy (non-hydrogen) atoms. The third kappa shape index (κ3) is 3.74. The molecular formula is C29H36O2. The lowest BCUT2D eigenvalue weighted by molar-refractivity contribution is 0.0255. The van der Waals surface area contributed by atoms with Gasteiger partial charge in [0, 0.05) is 24.5 Å². The van der Waals surface area contributed by atoms with Crippen molar-refractivity contribution in [1.29, 1.82) is 0 Å². The predicted octanol–water partition coefficient (Wildman–Crippen LogP) is 7.41. The Kier molecular flexibility index (Phi) is 5.69. The summed E-state index contributed by atoms with van der Waals surface area (Å²) in [4.78, 5) is 0. The minimum absolute atomic E-state index is 0.198. The Hall–Kier alpha value is -2.06. The Balaban J connectivity index is 1.48. The molecule has 0 saturated heterocycles. The van der Waals surface area contributed by atoms with Crippen molar-refractivity contribution in [3.8, 4) is 16.9 Å². The summed E-state index contributed by atoms with van der Waals surface area (Å²) in [6.45, 7) is 9.55. The van der Waals surface area contributed by atoms with Crippen LogP contribution in [-0.2, 0) is 4.74 Å². The first kappa shape index (κ1) is 20.8. The van der Waals surface area contributed by atoms with Crippen molar-refractivity contribution in [3.05, 3.63) is 65.2 Å². The van der Waals surface area contributed by atoms with Crippen molar-refractivity contribution in [3.63, 3.8) is 0 Å². The third-order valence-electron chi connectivity index (χ3n) is 8.13. The van der Waals surface area contributed by atoms with E-state index in [0.29, 0.717) is 17.8 Å². The first-order valence-electron chi connectivity index (χ1n) is 12.1. The van der Waals surface area contributed by atoms with Gasteiger partial charge >= 0.3 is 0 Å². The molecule has 2 fully saturated rings. The van der Waals surface area contributed by atoms with E-state index in [1.54, 1.807) is 7.11 Å². The summed E-state index contributed by atoms with van der Waals surface area (Å²) >= 11 is 0. The van der Waals surface area contributed by atoms with E-state index < -0.39 is 0 Å². The molecule has 2 saturated carbocycles. The minimum Gasteiger partial charge on any atom is -0.489 e. The van der Waals surface area contributed by atoms with Crippen molar-refractivity contribution < 1.29 is 9.47 Å². The van der Waals surface area contributed by atoms with Crippen LogP contribution in [0.3, 0.4) is 0 Å². The SMILES string of the molecule is C=C(C)C1CCC(COC)C2Oc3cc(-c4ccc(C5CCCC5)cc4)cc(C)c3C12. The molecule has 2 heteroatoms. The predicted molar refractivity (Wildman–Crippen MR) is 128 cm³/mol. The second kappa shape index (κ2) is 8.47. The Morgan fingerprint density at radius 2 is 1.77 bits per heavy atom. The normalized spacial score (nSPS) is 27.6. The number of aryl methyl sites for hydroxylation is 1. The molecule has 5 rings (SSSR count). The first-order chi connectivity index (χ1) is 15.1. The summed E-state index contributed by atoms with van der Waals surface area (Å²) in [7, 11) is 1.81. The number of methoxy groups -OCH3 is 1. The Morgan fingerprint density at radius 1 is 1.03 bits per heavy atom. The fourth-order valence-corrected chi connectivity index (χ4v) is 6.55. The molecule has 164 valence electrons. The van der Waals surface area contributed by atoms with Gasteiger partial charge in [-0.05, 0) is 79.7 Å². The fourth-order valence-electron chi connectivity index (χ4n) is 6.55. The molecule has 1 aliphatic heterocycles. The zero-order valence-electron chi connectivity index (χ0n) is 19.3. The van der Waals surface area contributed by atoms with Crippen LogP contribution in [0.25, 0.3) is 11.1 Å². The maximum Gasteiger partial charge on any atom is 0.124 e. The average molecular weight is 417 g/mol. The van der Waals surface area contributed by atoms with Gasteiger partial charge in [0.15, 0.2) is 0 Å². The van der Waals surface area contributed by atoms with Crippen LogP contribution in [-0.4, -0.2) is 19.8 Å². The van der Waals surface area contributed by atoms with Crippen molar-refractivity contribution in [2.45, 2.75) is 70.3 Å². The molecule has 4 unspecified atom stereocenters. The molecular weight excluding hydrogens is 380 g/mol. The van der Waals surface area contributed by atoms with Gasteiger partial charge in [-0.1, -0.05) is 55.3 Å². The van der Waals surface area contributed by atoms with Gasteiger partial charge in [0.05, 0.1) is 6.61 Å². The Morgan fingerprint density at radius 3 is 2.45 bits per heavy atom. The Bertz CT molecular complexity index is 951. The van der Waals surface area contributed by atoms with E-state index >= 15 is 0 Å². The summed E-state index contributed by atoms with van der Waals surface area (Å²) in [5.74, 6) is 3.19. The summed E-state index contributed by atoms with van der Waals surface area (Å²) in [6.07, 6.45) is 7.98. The van der Waals surface area contributed by atoms with Gasteiger partial charge in [-0.25, -0.2) is 0 Å². The highest BCUT2D eigenvalue weighted by Gasteiger charge is 2.47. The van der Waals surface area contributed by atoms with E-state index in [4.69, 9.17) is 9.47 Å². The number of benzene rings is 2. The second-order valence-corrected chi connectivity index (χ2v) is 10.2. The van der Waals surface area contributed by atoms with E-state index in [1.165, 1.54) is 65.5 Å². The molecule has 0 N–H and O–H groups in total. The number of rotatable bonds is 5. The number of hydrogen-bond acceptors (Lipinski definition) is 2. The summed E-state index contributed by atoms with van der Waals surface area (Å²) in [6, 6.07) is 14.0. The van der Waals surface area contributed by atoms with Gasteiger partial charge in [-0.2, -0.15) is 0 Å². The smallest absolute Gasteiger partial charge is 0.124 e. The molecule has 4 atom stereocenters. The monoisotopic (exact) mass is 416 g/mol. The molecule has 0 bridgehead atoms. The van der Waals surface area contributed by atoms with Crippen molar-refractivity contribution in [2.24, 2.45) is 11.8 Å². The molecule has 3 aliphatic rings. The molecule has 1 heterocycles. The summed E-state index contributed by atoms with van der Waals surface area (Å²) in [5, 5.41) is 0. The maximum absolute atomic E-state index is 6.68. The van der Waals surface area contributed by atoms with Crippen LogP contribution in [0.5, 0.6) is 5.75 Å². The molecule has 2 aromatic carbocycles. The number of allylic oxidation sites excluding steroid dienone is 1. The zero-order valence-corrected chi connectivity index (χ0v) is 19.3. The van der Waals surface area contributed by atoms with Gasteiger partial charge in [-0.3, -0.25) is 0 Å². The van der Waals surface area contributed by atoms with Crippen LogP contribution in [0.1, 0.15) is 74.0 Å². The highest BCUT2D eigenvalue weighted by molar-refractivity contribution is 5.69.